The topological polar surface area (TPSA) is 67.6 Å². The molecular formula is C16H20FN3O3. The number of amides is 1. The molecule has 1 aliphatic rings. The number of nitrogens with one attached hydrogen (secondary N) is 1. The standard InChI is InChI=1S/C16H20FN3O3/c1-18-16(21)22-9-8-20-6-4-11(5-7-20)15-13-3-2-12(17)10-14(13)23-19-15/h2-3,10-11H,4-9H2,1H3,(H,18,21). The van der Waals surface area contributed by atoms with Crippen molar-refractivity contribution in [1.29, 1.82) is 0 Å². The van der Waals surface area contributed by atoms with Crippen LogP contribution in [0.15, 0.2) is 22.7 Å². The Balaban J connectivity index is 1.55. The Hall–Kier alpha value is -2.15. The van der Waals surface area contributed by atoms with Crippen LogP contribution in [0.2, 0.25) is 0 Å². The number of carbonyl (C=O) groups excluding carboxylic acids is 1. The summed E-state index contributed by atoms with van der Waals surface area (Å²) in [7, 11) is 1.54. The third-order valence-electron chi connectivity index (χ3n) is 4.28. The molecule has 0 unspecified atom stereocenters. The van der Waals surface area contributed by atoms with E-state index in [0.717, 1.165) is 43.6 Å². The van der Waals surface area contributed by atoms with Crippen molar-refractivity contribution in [3.63, 3.8) is 0 Å². The van der Waals surface area contributed by atoms with Crippen molar-refractivity contribution in [3.8, 4) is 0 Å². The Bertz CT molecular complexity index is 680. The molecule has 1 fully saturated rings. The molecule has 1 amide bonds. The van der Waals surface area contributed by atoms with Gasteiger partial charge in [0.25, 0.3) is 0 Å². The highest BCUT2D eigenvalue weighted by Crippen LogP contribution is 2.32. The van der Waals surface area contributed by atoms with Crippen molar-refractivity contribution in [3.05, 3.63) is 29.7 Å². The normalized spacial score (nSPS) is 16.6. The Kier molecular flexibility index (Phi) is 4.76. The van der Waals surface area contributed by atoms with Crippen LogP contribution in [0.3, 0.4) is 0 Å². The van der Waals surface area contributed by atoms with Crippen molar-refractivity contribution in [1.82, 2.24) is 15.4 Å². The van der Waals surface area contributed by atoms with Gasteiger partial charge >= 0.3 is 6.09 Å². The lowest BCUT2D eigenvalue weighted by Gasteiger charge is -2.30. The van der Waals surface area contributed by atoms with Crippen molar-refractivity contribution in [2.45, 2.75) is 18.8 Å². The van der Waals surface area contributed by atoms with Crippen LogP contribution in [-0.2, 0) is 4.74 Å². The van der Waals surface area contributed by atoms with Crippen LogP contribution < -0.4 is 5.32 Å². The third kappa shape index (κ3) is 3.61. The number of benzene rings is 1. The molecular weight excluding hydrogens is 301 g/mol. The molecule has 0 atom stereocenters. The van der Waals surface area contributed by atoms with E-state index in [1.807, 2.05) is 0 Å². The largest absolute Gasteiger partial charge is 0.448 e. The first-order valence-electron chi connectivity index (χ1n) is 7.79. The molecule has 2 heterocycles. The molecule has 1 N–H and O–H groups in total. The summed E-state index contributed by atoms with van der Waals surface area (Å²) in [5, 5.41) is 7.46. The van der Waals surface area contributed by atoms with Crippen molar-refractivity contribution >= 4 is 17.1 Å². The van der Waals surface area contributed by atoms with Gasteiger partial charge in [-0.2, -0.15) is 0 Å². The molecule has 0 spiro atoms. The summed E-state index contributed by atoms with van der Waals surface area (Å²) in [5.74, 6) is 0.00366. The quantitative estimate of drug-likeness (QED) is 0.937. The highest BCUT2D eigenvalue weighted by Gasteiger charge is 2.25. The second kappa shape index (κ2) is 6.95. The zero-order valence-electron chi connectivity index (χ0n) is 13.0. The number of carbonyl (C=O) groups is 1. The minimum Gasteiger partial charge on any atom is -0.448 e. The highest BCUT2D eigenvalue weighted by atomic mass is 19.1. The van der Waals surface area contributed by atoms with Gasteiger partial charge in [0, 0.05) is 31.0 Å². The highest BCUT2D eigenvalue weighted by molar-refractivity contribution is 5.79. The Morgan fingerprint density at radius 1 is 1.48 bits per heavy atom. The number of likely N-dealkylation sites (tertiary alicyclic amines) is 1. The second-order valence-electron chi connectivity index (χ2n) is 5.71. The molecule has 2 aromatic rings. The SMILES string of the molecule is CNC(=O)OCCN1CCC(c2noc3cc(F)ccc23)CC1. The fourth-order valence-corrected chi connectivity index (χ4v) is 2.99. The van der Waals surface area contributed by atoms with Crippen LogP contribution in [0.25, 0.3) is 11.0 Å². The van der Waals surface area contributed by atoms with Gasteiger partial charge in [-0.25, -0.2) is 9.18 Å². The fraction of sp³-hybridized carbons (Fsp3) is 0.500. The summed E-state index contributed by atoms with van der Waals surface area (Å²) in [6.45, 7) is 2.94. The van der Waals surface area contributed by atoms with Crippen LogP contribution in [0.4, 0.5) is 9.18 Å². The van der Waals surface area contributed by atoms with E-state index < -0.39 is 6.09 Å². The number of hydrogen-bond acceptors (Lipinski definition) is 5. The lowest BCUT2D eigenvalue weighted by atomic mass is 9.91. The Labute approximate surface area is 133 Å². The van der Waals surface area contributed by atoms with Crippen molar-refractivity contribution < 1.29 is 18.4 Å². The van der Waals surface area contributed by atoms with Crippen LogP contribution >= 0.6 is 0 Å². The van der Waals surface area contributed by atoms with Crippen LogP contribution in [0, 0.1) is 5.82 Å². The molecule has 3 rings (SSSR count). The molecule has 1 aromatic heterocycles. The fourth-order valence-electron chi connectivity index (χ4n) is 2.99. The molecule has 1 aliphatic heterocycles. The van der Waals surface area contributed by atoms with E-state index in [-0.39, 0.29) is 5.82 Å². The summed E-state index contributed by atoms with van der Waals surface area (Å²) in [5.41, 5.74) is 1.42. The van der Waals surface area contributed by atoms with Crippen LogP contribution in [-0.4, -0.2) is 49.4 Å². The van der Waals surface area contributed by atoms with Gasteiger partial charge in [-0.15, -0.1) is 0 Å². The van der Waals surface area contributed by atoms with Gasteiger partial charge in [-0.3, -0.25) is 4.90 Å². The van der Waals surface area contributed by atoms with Gasteiger partial charge in [-0.1, -0.05) is 5.16 Å². The number of nitrogens with zero attached hydrogens (tertiary/aromatic N) is 2. The predicted octanol–water partition coefficient (Wildman–Crippen LogP) is 2.50. The molecule has 7 heteroatoms. The van der Waals surface area contributed by atoms with Gasteiger partial charge in [0.15, 0.2) is 5.58 Å². The van der Waals surface area contributed by atoms with E-state index in [0.29, 0.717) is 18.1 Å². The number of piperidine rings is 1. The van der Waals surface area contributed by atoms with Gasteiger partial charge < -0.3 is 14.6 Å². The first-order valence-corrected chi connectivity index (χ1v) is 7.79. The summed E-state index contributed by atoms with van der Waals surface area (Å²) in [6, 6.07) is 4.55. The van der Waals surface area contributed by atoms with Crippen LogP contribution in [0.1, 0.15) is 24.5 Å². The molecule has 0 saturated carbocycles. The van der Waals surface area contributed by atoms with Gasteiger partial charge in [-0.05, 0) is 38.1 Å². The maximum Gasteiger partial charge on any atom is 0.406 e. The average molecular weight is 321 g/mol. The maximum absolute atomic E-state index is 13.2. The number of halogens is 1. The lowest BCUT2D eigenvalue weighted by Crippen LogP contribution is -2.36. The number of ether oxygens (including phenoxy) is 1. The first-order chi connectivity index (χ1) is 11.2. The predicted molar refractivity (Wildman–Crippen MR) is 82.8 cm³/mol. The number of aromatic nitrogens is 1. The van der Waals surface area contributed by atoms with Gasteiger partial charge in [0.05, 0.1) is 5.69 Å². The van der Waals surface area contributed by atoms with Gasteiger partial charge in [0.1, 0.15) is 12.4 Å². The van der Waals surface area contributed by atoms with E-state index in [1.54, 1.807) is 13.1 Å². The molecule has 23 heavy (non-hydrogen) atoms. The average Bonchev–Trinajstić information content (AvgIpc) is 2.98. The summed E-state index contributed by atoms with van der Waals surface area (Å²) in [4.78, 5) is 13.3. The minimum atomic E-state index is -0.402. The number of fused-ring (bicyclic) bond motifs is 1. The lowest BCUT2D eigenvalue weighted by molar-refractivity contribution is 0.119. The summed E-state index contributed by atoms with van der Waals surface area (Å²) in [6.07, 6.45) is 1.51. The molecule has 0 radical (unpaired) electrons. The second-order valence-corrected chi connectivity index (χ2v) is 5.71. The molecule has 0 aliphatic carbocycles. The van der Waals surface area contributed by atoms with Gasteiger partial charge in [0.2, 0.25) is 0 Å². The van der Waals surface area contributed by atoms with Crippen LogP contribution in [0.5, 0.6) is 0 Å². The van der Waals surface area contributed by atoms with E-state index >= 15 is 0 Å². The maximum atomic E-state index is 13.2. The molecule has 124 valence electrons. The number of rotatable bonds is 4. The Morgan fingerprint density at radius 2 is 2.26 bits per heavy atom. The molecule has 0 bridgehead atoms. The Morgan fingerprint density at radius 3 is 3.00 bits per heavy atom. The minimum absolute atomic E-state index is 0.314. The summed E-state index contributed by atoms with van der Waals surface area (Å²) >= 11 is 0. The number of alkyl carbamates (subject to hydrolysis) is 1. The van der Waals surface area contributed by atoms with Crippen molar-refractivity contribution in [2.75, 3.05) is 33.3 Å². The monoisotopic (exact) mass is 321 g/mol. The van der Waals surface area contributed by atoms with E-state index in [1.165, 1.54) is 12.1 Å². The van der Waals surface area contributed by atoms with E-state index in [2.05, 4.69) is 15.4 Å². The van der Waals surface area contributed by atoms with E-state index in [4.69, 9.17) is 9.26 Å². The zero-order valence-corrected chi connectivity index (χ0v) is 13.0. The number of hydrogen-bond donors (Lipinski definition) is 1. The smallest absolute Gasteiger partial charge is 0.406 e. The van der Waals surface area contributed by atoms with E-state index in [9.17, 15) is 9.18 Å². The first kappa shape index (κ1) is 15.7. The molecule has 1 saturated heterocycles. The molecule has 1 aromatic carbocycles. The zero-order chi connectivity index (χ0) is 16.2. The summed E-state index contributed by atoms with van der Waals surface area (Å²) < 4.78 is 23.5. The third-order valence-corrected chi connectivity index (χ3v) is 4.28. The van der Waals surface area contributed by atoms with Crippen molar-refractivity contribution in [2.24, 2.45) is 0 Å². The molecule has 6 nitrogen and oxygen atoms in total.